The number of methoxy groups -OCH3 is 2. The van der Waals surface area contributed by atoms with Gasteiger partial charge in [0, 0.05) is 18.2 Å². The van der Waals surface area contributed by atoms with Crippen molar-refractivity contribution in [3.05, 3.63) is 84.3 Å². The predicted octanol–water partition coefficient (Wildman–Crippen LogP) is 4.08. The van der Waals surface area contributed by atoms with Gasteiger partial charge in [0.25, 0.3) is 5.91 Å². The number of carbonyl (C=O) groups excluding carboxylic acids is 1. The van der Waals surface area contributed by atoms with Crippen LogP contribution in [0.15, 0.2) is 77.4 Å². The first-order chi connectivity index (χ1) is 14.7. The molecule has 0 spiro atoms. The van der Waals surface area contributed by atoms with Crippen LogP contribution in [0.1, 0.15) is 16.1 Å². The van der Waals surface area contributed by atoms with Crippen LogP contribution in [-0.2, 0) is 6.54 Å². The van der Waals surface area contributed by atoms with Gasteiger partial charge in [-0.15, -0.1) is 0 Å². The van der Waals surface area contributed by atoms with Crippen LogP contribution < -0.4 is 14.8 Å². The first-order valence-electron chi connectivity index (χ1n) is 9.38. The third kappa shape index (κ3) is 3.91. The summed E-state index contributed by atoms with van der Waals surface area (Å²) < 4.78 is 17.7. The number of hydrogen-bond acceptors (Lipinski definition) is 5. The summed E-state index contributed by atoms with van der Waals surface area (Å²) in [5.41, 5.74) is 2.56. The molecule has 1 N–H and O–H groups in total. The molecule has 7 nitrogen and oxygen atoms in total. The largest absolute Gasteiger partial charge is 0.497 e. The van der Waals surface area contributed by atoms with Gasteiger partial charge >= 0.3 is 0 Å². The highest BCUT2D eigenvalue weighted by molar-refractivity contribution is 5.94. The number of benzene rings is 2. The van der Waals surface area contributed by atoms with E-state index in [0.29, 0.717) is 28.6 Å². The Morgan fingerprint density at radius 3 is 2.57 bits per heavy atom. The summed E-state index contributed by atoms with van der Waals surface area (Å²) in [4.78, 5) is 13.1. The molecular weight excluding hydrogens is 382 g/mol. The number of amides is 1. The molecule has 0 unspecified atom stereocenters. The fourth-order valence-corrected chi connectivity index (χ4v) is 3.14. The third-order valence-corrected chi connectivity index (χ3v) is 4.64. The van der Waals surface area contributed by atoms with Crippen LogP contribution in [-0.4, -0.2) is 29.9 Å². The highest BCUT2D eigenvalue weighted by Gasteiger charge is 2.19. The van der Waals surface area contributed by atoms with E-state index in [4.69, 9.17) is 13.9 Å². The quantitative estimate of drug-likeness (QED) is 0.503. The number of nitrogens with zero attached hydrogens (tertiary/aromatic N) is 2. The molecule has 1 amide bonds. The molecule has 0 radical (unpaired) electrons. The van der Waals surface area contributed by atoms with Crippen LogP contribution in [0.5, 0.6) is 11.5 Å². The lowest BCUT2D eigenvalue weighted by molar-refractivity contribution is 0.0943. The van der Waals surface area contributed by atoms with Gasteiger partial charge in [-0.3, -0.25) is 4.79 Å². The molecule has 0 bridgehead atoms. The SMILES string of the molecule is COc1ccc(OC)c(CNC(=O)c2cc(-c3ccco3)nn2-c2ccccc2)c1. The van der Waals surface area contributed by atoms with Gasteiger partial charge < -0.3 is 19.2 Å². The zero-order chi connectivity index (χ0) is 20.9. The van der Waals surface area contributed by atoms with Crippen molar-refractivity contribution in [3.8, 4) is 28.6 Å². The Balaban J connectivity index is 1.64. The summed E-state index contributed by atoms with van der Waals surface area (Å²) >= 11 is 0. The third-order valence-electron chi connectivity index (χ3n) is 4.64. The summed E-state index contributed by atoms with van der Waals surface area (Å²) in [6.45, 7) is 0.273. The fraction of sp³-hybridized carbons (Fsp3) is 0.130. The number of ether oxygens (including phenoxy) is 2. The second kappa shape index (κ2) is 8.57. The molecular formula is C23H21N3O4. The van der Waals surface area contributed by atoms with Crippen molar-refractivity contribution >= 4 is 5.91 Å². The van der Waals surface area contributed by atoms with Crippen LogP contribution >= 0.6 is 0 Å². The van der Waals surface area contributed by atoms with Crippen molar-refractivity contribution in [3.63, 3.8) is 0 Å². The topological polar surface area (TPSA) is 78.5 Å². The zero-order valence-corrected chi connectivity index (χ0v) is 16.7. The highest BCUT2D eigenvalue weighted by Crippen LogP contribution is 2.25. The Labute approximate surface area is 173 Å². The summed E-state index contributed by atoms with van der Waals surface area (Å²) in [5, 5.41) is 7.52. The van der Waals surface area contributed by atoms with E-state index >= 15 is 0 Å². The van der Waals surface area contributed by atoms with Crippen molar-refractivity contribution in [2.45, 2.75) is 6.54 Å². The Morgan fingerprint density at radius 1 is 1.03 bits per heavy atom. The molecule has 0 fully saturated rings. The molecule has 4 aromatic rings. The molecule has 0 saturated heterocycles. The molecule has 0 atom stereocenters. The van der Waals surface area contributed by atoms with E-state index in [1.165, 1.54) is 0 Å². The molecule has 2 aromatic carbocycles. The van der Waals surface area contributed by atoms with Crippen LogP contribution in [0.25, 0.3) is 17.1 Å². The van der Waals surface area contributed by atoms with Crippen LogP contribution in [0.2, 0.25) is 0 Å². The molecule has 4 rings (SSSR count). The van der Waals surface area contributed by atoms with E-state index in [1.807, 2.05) is 48.5 Å². The highest BCUT2D eigenvalue weighted by atomic mass is 16.5. The smallest absolute Gasteiger partial charge is 0.270 e. The standard InChI is InChI=1S/C23H21N3O4/c1-28-18-10-11-21(29-2)16(13-18)15-24-23(27)20-14-19(22-9-6-12-30-22)25-26(20)17-7-4-3-5-8-17/h3-14H,15H2,1-2H3,(H,24,27). The molecule has 7 heteroatoms. The minimum absolute atomic E-state index is 0.269. The van der Waals surface area contributed by atoms with Crippen molar-refractivity contribution in [2.75, 3.05) is 14.2 Å². The number of nitrogens with one attached hydrogen (secondary N) is 1. The van der Waals surface area contributed by atoms with Crippen molar-refractivity contribution in [1.82, 2.24) is 15.1 Å². The van der Waals surface area contributed by atoms with E-state index in [2.05, 4.69) is 10.4 Å². The van der Waals surface area contributed by atoms with Gasteiger partial charge in [-0.1, -0.05) is 18.2 Å². The minimum atomic E-state index is -0.269. The Bertz CT molecular complexity index is 1130. The van der Waals surface area contributed by atoms with E-state index in [1.54, 1.807) is 43.4 Å². The summed E-state index contributed by atoms with van der Waals surface area (Å²) in [6.07, 6.45) is 1.58. The second-order valence-electron chi connectivity index (χ2n) is 6.50. The molecule has 0 aliphatic heterocycles. The first kappa shape index (κ1) is 19.3. The lowest BCUT2D eigenvalue weighted by Gasteiger charge is -2.12. The number of aromatic nitrogens is 2. The van der Waals surface area contributed by atoms with Gasteiger partial charge in [0.2, 0.25) is 0 Å². The lowest BCUT2D eigenvalue weighted by atomic mass is 10.2. The molecule has 2 heterocycles. The molecule has 152 valence electrons. The van der Waals surface area contributed by atoms with Gasteiger partial charge in [-0.2, -0.15) is 5.10 Å². The molecule has 2 aromatic heterocycles. The maximum Gasteiger partial charge on any atom is 0.270 e. The first-order valence-corrected chi connectivity index (χ1v) is 9.38. The average Bonchev–Trinajstić information content (AvgIpc) is 3.48. The number of furan rings is 1. The average molecular weight is 403 g/mol. The number of hydrogen-bond donors (Lipinski definition) is 1. The summed E-state index contributed by atoms with van der Waals surface area (Å²) in [6, 6.07) is 20.2. The van der Waals surface area contributed by atoms with Crippen LogP contribution in [0, 0.1) is 0 Å². The van der Waals surface area contributed by atoms with Crippen LogP contribution in [0.3, 0.4) is 0 Å². The summed E-state index contributed by atoms with van der Waals surface area (Å²) in [5.74, 6) is 1.68. The lowest BCUT2D eigenvalue weighted by Crippen LogP contribution is -2.25. The van der Waals surface area contributed by atoms with Gasteiger partial charge in [-0.05, 0) is 42.5 Å². The van der Waals surface area contributed by atoms with E-state index in [9.17, 15) is 4.79 Å². The molecule has 0 aliphatic rings. The van der Waals surface area contributed by atoms with Crippen LogP contribution in [0.4, 0.5) is 0 Å². The van der Waals surface area contributed by atoms with Gasteiger partial charge in [-0.25, -0.2) is 4.68 Å². The fourth-order valence-electron chi connectivity index (χ4n) is 3.14. The van der Waals surface area contributed by atoms with Crippen molar-refractivity contribution in [2.24, 2.45) is 0 Å². The van der Waals surface area contributed by atoms with Gasteiger partial charge in [0.05, 0.1) is 26.2 Å². The second-order valence-corrected chi connectivity index (χ2v) is 6.50. The van der Waals surface area contributed by atoms with Gasteiger partial charge in [0.15, 0.2) is 5.76 Å². The minimum Gasteiger partial charge on any atom is -0.497 e. The van der Waals surface area contributed by atoms with E-state index in [-0.39, 0.29) is 12.5 Å². The monoisotopic (exact) mass is 403 g/mol. The zero-order valence-electron chi connectivity index (χ0n) is 16.7. The maximum atomic E-state index is 13.1. The van der Waals surface area contributed by atoms with E-state index in [0.717, 1.165) is 11.3 Å². The molecule has 0 saturated carbocycles. The maximum absolute atomic E-state index is 13.1. The number of rotatable bonds is 7. The number of para-hydroxylation sites is 1. The Hall–Kier alpha value is -4.00. The van der Waals surface area contributed by atoms with Crippen molar-refractivity contribution in [1.29, 1.82) is 0 Å². The van der Waals surface area contributed by atoms with Gasteiger partial charge in [0.1, 0.15) is 22.9 Å². The molecule has 30 heavy (non-hydrogen) atoms. The Kier molecular flexibility index (Phi) is 5.52. The molecule has 0 aliphatic carbocycles. The predicted molar refractivity (Wildman–Crippen MR) is 112 cm³/mol. The number of carbonyl (C=O) groups is 1. The van der Waals surface area contributed by atoms with E-state index < -0.39 is 0 Å². The van der Waals surface area contributed by atoms with Crippen molar-refractivity contribution < 1.29 is 18.7 Å². The Morgan fingerprint density at radius 2 is 1.87 bits per heavy atom. The normalized spacial score (nSPS) is 10.6. The summed E-state index contributed by atoms with van der Waals surface area (Å²) in [7, 11) is 3.19.